The van der Waals surface area contributed by atoms with E-state index in [4.69, 9.17) is 29.2 Å². The molecule has 0 saturated heterocycles. The van der Waals surface area contributed by atoms with Crippen LogP contribution in [0.3, 0.4) is 0 Å². The van der Waals surface area contributed by atoms with Crippen LogP contribution in [0.1, 0.15) is 40.5 Å². The first-order valence-electron chi connectivity index (χ1n) is 10.00. The van der Waals surface area contributed by atoms with Gasteiger partial charge < -0.3 is 39.3 Å². The normalized spacial score (nSPS) is 10.7. The van der Waals surface area contributed by atoms with Crippen LogP contribution < -0.4 is 5.32 Å². The molecule has 0 heterocycles. The smallest absolute Gasteiger partial charge is 0.333 e. The molecular weight excluding hydrogens is 386 g/mol. The second-order valence-electron chi connectivity index (χ2n) is 4.81. The average molecular weight is 426 g/mol. The van der Waals surface area contributed by atoms with Gasteiger partial charge in [0.1, 0.15) is 6.29 Å². The summed E-state index contributed by atoms with van der Waals surface area (Å²) in [4.78, 5) is 31.6. The number of aliphatic hydroxyl groups is 1. The molecule has 10 heteroatoms. The second-order valence-corrected chi connectivity index (χ2v) is 4.81. The van der Waals surface area contributed by atoms with Crippen molar-refractivity contribution >= 4 is 18.2 Å². The van der Waals surface area contributed by atoms with E-state index in [0.717, 1.165) is 6.29 Å². The van der Waals surface area contributed by atoms with Gasteiger partial charge in [-0.05, 0) is 0 Å². The van der Waals surface area contributed by atoms with E-state index >= 15 is 0 Å². The predicted molar refractivity (Wildman–Crippen MR) is 108 cm³/mol. The Labute approximate surface area is 173 Å². The van der Waals surface area contributed by atoms with E-state index in [1.54, 1.807) is 0 Å². The van der Waals surface area contributed by atoms with E-state index < -0.39 is 24.4 Å². The maximum atomic E-state index is 11.2. The molecular formula is C19H39NO9. The van der Waals surface area contributed by atoms with Gasteiger partial charge in [0, 0.05) is 13.0 Å². The van der Waals surface area contributed by atoms with E-state index in [1.807, 2.05) is 27.7 Å². The Kier molecular flexibility index (Phi) is 31.7. The van der Waals surface area contributed by atoms with E-state index in [0.29, 0.717) is 52.7 Å². The van der Waals surface area contributed by atoms with E-state index in [-0.39, 0.29) is 13.2 Å². The number of aldehydes is 1. The van der Waals surface area contributed by atoms with Crippen LogP contribution in [0.15, 0.2) is 0 Å². The van der Waals surface area contributed by atoms with Crippen LogP contribution in [0.2, 0.25) is 0 Å². The van der Waals surface area contributed by atoms with Gasteiger partial charge in [-0.2, -0.15) is 0 Å². The summed E-state index contributed by atoms with van der Waals surface area (Å²) in [6, 6.07) is 0. The van der Waals surface area contributed by atoms with E-state index in [9.17, 15) is 14.4 Å². The maximum absolute atomic E-state index is 11.2. The Morgan fingerprint density at radius 3 is 1.66 bits per heavy atom. The summed E-state index contributed by atoms with van der Waals surface area (Å²) >= 11 is 0. The largest absolute Gasteiger partial charge is 0.479 e. The highest BCUT2D eigenvalue weighted by molar-refractivity contribution is 5.83. The quantitative estimate of drug-likeness (QED) is 0.213. The number of hydrogen-bond donors (Lipinski definition) is 3. The standard InChI is InChI=1S/C15H27NO9.2C2H6/c17-3-1-4-22-6-8-24-10-11-25-9-7-23-5-2-16-14(19)12-13(18)15(20)21;2*1-2/h3,13,18H,1-2,4-12H2,(H,16,19)(H,20,21);2*1-2H3. The summed E-state index contributed by atoms with van der Waals surface area (Å²) < 4.78 is 20.8. The van der Waals surface area contributed by atoms with Gasteiger partial charge in [-0.25, -0.2) is 4.79 Å². The lowest BCUT2D eigenvalue weighted by Crippen LogP contribution is -2.33. The molecule has 1 atom stereocenters. The fraction of sp³-hybridized carbons (Fsp3) is 0.842. The molecule has 3 N–H and O–H groups in total. The van der Waals surface area contributed by atoms with Crippen molar-refractivity contribution in [1.82, 2.24) is 5.32 Å². The molecule has 0 spiro atoms. The maximum Gasteiger partial charge on any atom is 0.333 e. The summed E-state index contributed by atoms with van der Waals surface area (Å²) in [7, 11) is 0. The van der Waals surface area contributed by atoms with Crippen molar-refractivity contribution < 1.29 is 43.5 Å². The number of carboxylic acid groups (broad SMARTS) is 1. The van der Waals surface area contributed by atoms with Crippen LogP contribution in [-0.4, -0.2) is 93.9 Å². The topological polar surface area (TPSA) is 141 Å². The molecule has 1 amide bonds. The summed E-state index contributed by atoms with van der Waals surface area (Å²) in [6.07, 6.45) is -0.994. The molecule has 0 radical (unpaired) electrons. The third-order valence-corrected chi connectivity index (χ3v) is 2.73. The lowest BCUT2D eigenvalue weighted by atomic mass is 10.2. The zero-order valence-electron chi connectivity index (χ0n) is 18.2. The summed E-state index contributed by atoms with van der Waals surface area (Å²) in [5.74, 6) is -1.99. The summed E-state index contributed by atoms with van der Waals surface area (Å²) in [6.45, 7) is 11.3. The number of aliphatic carboxylic acids is 1. The van der Waals surface area contributed by atoms with Crippen LogP contribution in [0.5, 0.6) is 0 Å². The predicted octanol–water partition coefficient (Wildman–Crippen LogP) is 0.646. The molecule has 0 aromatic rings. The number of carbonyl (C=O) groups excluding carboxylic acids is 2. The van der Waals surface area contributed by atoms with Crippen molar-refractivity contribution in [3.05, 3.63) is 0 Å². The van der Waals surface area contributed by atoms with Crippen molar-refractivity contribution in [3.63, 3.8) is 0 Å². The Bertz CT molecular complexity index is 368. The van der Waals surface area contributed by atoms with Crippen molar-refractivity contribution in [2.45, 2.75) is 46.6 Å². The van der Waals surface area contributed by atoms with Gasteiger partial charge in [0.15, 0.2) is 6.10 Å². The lowest BCUT2D eigenvalue weighted by molar-refractivity contribution is -0.149. The third kappa shape index (κ3) is 28.7. The number of carboxylic acids is 1. The number of aliphatic hydroxyl groups excluding tert-OH is 1. The molecule has 0 aliphatic carbocycles. The minimum Gasteiger partial charge on any atom is -0.479 e. The second kappa shape index (κ2) is 28.6. The SMILES string of the molecule is CC.CC.O=CCCOCCOCCOCCOCCNC(=O)CC(O)C(=O)O. The zero-order chi connectivity index (χ0) is 22.8. The Morgan fingerprint density at radius 1 is 0.828 bits per heavy atom. The molecule has 0 aromatic heterocycles. The minimum atomic E-state index is -1.69. The first kappa shape index (κ1) is 32.1. The van der Waals surface area contributed by atoms with Crippen molar-refractivity contribution in [3.8, 4) is 0 Å². The Balaban J connectivity index is -0.00000158. The number of amides is 1. The number of nitrogens with one attached hydrogen (secondary N) is 1. The summed E-state index contributed by atoms with van der Waals surface area (Å²) in [5.41, 5.74) is 0. The number of hydrogen-bond acceptors (Lipinski definition) is 8. The average Bonchev–Trinajstić information content (AvgIpc) is 2.73. The fourth-order valence-corrected chi connectivity index (χ4v) is 1.49. The molecule has 1 unspecified atom stereocenters. The molecule has 10 nitrogen and oxygen atoms in total. The minimum absolute atomic E-state index is 0.221. The van der Waals surface area contributed by atoms with Crippen LogP contribution in [0.4, 0.5) is 0 Å². The van der Waals surface area contributed by atoms with Gasteiger partial charge in [-0.3, -0.25) is 4.79 Å². The van der Waals surface area contributed by atoms with Crippen LogP contribution in [0, 0.1) is 0 Å². The molecule has 0 bridgehead atoms. The van der Waals surface area contributed by atoms with E-state index in [2.05, 4.69) is 5.32 Å². The van der Waals surface area contributed by atoms with Gasteiger partial charge >= 0.3 is 5.97 Å². The first-order chi connectivity index (χ1) is 14.1. The third-order valence-electron chi connectivity index (χ3n) is 2.73. The molecule has 0 aliphatic heterocycles. The van der Waals surface area contributed by atoms with E-state index in [1.165, 1.54) is 0 Å². The monoisotopic (exact) mass is 425 g/mol. The highest BCUT2D eigenvalue weighted by Crippen LogP contribution is 1.91. The Hall–Kier alpha value is -1.59. The van der Waals surface area contributed by atoms with Crippen molar-refractivity contribution in [2.75, 3.05) is 59.4 Å². The molecule has 0 saturated carbocycles. The highest BCUT2D eigenvalue weighted by Gasteiger charge is 2.17. The molecule has 0 aromatic carbocycles. The molecule has 0 fully saturated rings. The van der Waals surface area contributed by atoms with Gasteiger partial charge in [0.2, 0.25) is 5.91 Å². The molecule has 0 aliphatic rings. The number of ether oxygens (including phenoxy) is 4. The number of carbonyl (C=O) groups is 3. The van der Waals surface area contributed by atoms with Crippen LogP contribution in [0.25, 0.3) is 0 Å². The summed E-state index contributed by atoms with van der Waals surface area (Å²) in [5, 5.41) is 19.9. The van der Waals surface area contributed by atoms with Crippen molar-refractivity contribution in [2.24, 2.45) is 0 Å². The van der Waals surface area contributed by atoms with Crippen LogP contribution in [-0.2, 0) is 33.3 Å². The molecule has 29 heavy (non-hydrogen) atoms. The Morgan fingerprint density at radius 2 is 1.24 bits per heavy atom. The fourth-order valence-electron chi connectivity index (χ4n) is 1.49. The van der Waals surface area contributed by atoms with Crippen LogP contribution >= 0.6 is 0 Å². The van der Waals surface area contributed by atoms with Gasteiger partial charge in [-0.1, -0.05) is 27.7 Å². The first-order valence-corrected chi connectivity index (χ1v) is 10.00. The van der Waals surface area contributed by atoms with Gasteiger partial charge in [0.25, 0.3) is 0 Å². The molecule has 0 rings (SSSR count). The number of rotatable bonds is 18. The zero-order valence-corrected chi connectivity index (χ0v) is 18.2. The van der Waals surface area contributed by atoms with Crippen molar-refractivity contribution in [1.29, 1.82) is 0 Å². The van der Waals surface area contributed by atoms with Gasteiger partial charge in [-0.15, -0.1) is 0 Å². The van der Waals surface area contributed by atoms with Gasteiger partial charge in [0.05, 0.1) is 59.3 Å². The lowest BCUT2D eigenvalue weighted by Gasteiger charge is -2.08. The highest BCUT2D eigenvalue weighted by atomic mass is 16.6. The molecule has 174 valence electrons.